The number of aliphatic hydroxyl groups excluding tert-OH is 2. The molecule has 0 aromatic carbocycles. The van der Waals surface area contributed by atoms with Crippen molar-refractivity contribution >= 4 is 5.91 Å². The van der Waals surface area contributed by atoms with Crippen LogP contribution in [0.1, 0.15) is 23.1 Å². The first-order chi connectivity index (χ1) is 7.63. The monoisotopic (exact) mass is 227 g/mol. The Morgan fingerprint density at radius 2 is 2.50 bits per heavy atom. The van der Waals surface area contributed by atoms with Gasteiger partial charge in [-0.15, -0.1) is 0 Å². The molecule has 0 bridgehead atoms. The summed E-state index contributed by atoms with van der Waals surface area (Å²) in [6.07, 6.45) is 1.15. The van der Waals surface area contributed by atoms with Gasteiger partial charge in [0, 0.05) is 6.42 Å². The highest BCUT2D eigenvalue weighted by Gasteiger charge is 2.35. The van der Waals surface area contributed by atoms with Gasteiger partial charge >= 0.3 is 0 Å². The van der Waals surface area contributed by atoms with Crippen LogP contribution in [0.3, 0.4) is 0 Å². The van der Waals surface area contributed by atoms with Crippen molar-refractivity contribution < 1.29 is 19.7 Å². The van der Waals surface area contributed by atoms with Gasteiger partial charge in [0.2, 0.25) is 0 Å². The van der Waals surface area contributed by atoms with Gasteiger partial charge in [-0.1, -0.05) is 0 Å². The molecule has 3 atom stereocenters. The highest BCUT2D eigenvalue weighted by molar-refractivity contribution is 5.90. The van der Waals surface area contributed by atoms with E-state index in [9.17, 15) is 9.90 Å². The van der Waals surface area contributed by atoms with E-state index < -0.39 is 24.3 Å². The van der Waals surface area contributed by atoms with Gasteiger partial charge in [-0.3, -0.25) is 9.36 Å². The number of rotatable bonds is 3. The number of carbonyl (C=O) groups is 1. The maximum Gasteiger partial charge on any atom is 0.267 e. The second kappa shape index (κ2) is 4.20. The Labute approximate surface area is 91.5 Å². The van der Waals surface area contributed by atoms with E-state index >= 15 is 0 Å². The highest BCUT2D eigenvalue weighted by atomic mass is 16.5. The molecule has 7 heteroatoms. The number of hydrogen-bond donors (Lipinski definition) is 3. The SMILES string of the molecule is NC(=O)c1cncn1C1C[C@H](O)[C@@H](CO)O1. The van der Waals surface area contributed by atoms with Crippen LogP contribution in [0.5, 0.6) is 0 Å². The fraction of sp³-hybridized carbons (Fsp3) is 0.556. The minimum Gasteiger partial charge on any atom is -0.394 e. The van der Waals surface area contributed by atoms with E-state index in [0.717, 1.165) is 0 Å². The quantitative estimate of drug-likeness (QED) is 0.589. The zero-order chi connectivity index (χ0) is 11.7. The maximum absolute atomic E-state index is 11.1. The van der Waals surface area contributed by atoms with Crippen LogP contribution in [-0.4, -0.2) is 44.5 Å². The third-order valence-electron chi connectivity index (χ3n) is 2.61. The first kappa shape index (κ1) is 11.1. The summed E-state index contributed by atoms with van der Waals surface area (Å²) in [4.78, 5) is 14.9. The van der Waals surface area contributed by atoms with Crippen molar-refractivity contribution in [2.75, 3.05) is 6.61 Å². The van der Waals surface area contributed by atoms with Crippen LogP contribution >= 0.6 is 0 Å². The number of aromatic nitrogens is 2. The van der Waals surface area contributed by atoms with Crippen LogP contribution in [0, 0.1) is 0 Å². The largest absolute Gasteiger partial charge is 0.394 e. The fourth-order valence-electron chi connectivity index (χ4n) is 1.78. The van der Waals surface area contributed by atoms with Crippen molar-refractivity contribution in [3.05, 3.63) is 18.2 Å². The van der Waals surface area contributed by atoms with Crippen LogP contribution < -0.4 is 5.73 Å². The number of carbonyl (C=O) groups excluding carboxylic acids is 1. The number of amides is 1. The number of hydrogen-bond acceptors (Lipinski definition) is 5. The van der Waals surface area contributed by atoms with Crippen molar-refractivity contribution in [2.24, 2.45) is 5.73 Å². The van der Waals surface area contributed by atoms with E-state index in [1.807, 2.05) is 0 Å². The Morgan fingerprint density at radius 1 is 1.75 bits per heavy atom. The summed E-state index contributed by atoms with van der Waals surface area (Å²) in [6, 6.07) is 0. The Bertz CT molecular complexity index is 392. The van der Waals surface area contributed by atoms with Crippen LogP contribution in [0.15, 0.2) is 12.5 Å². The number of ether oxygens (including phenoxy) is 1. The molecule has 88 valence electrons. The van der Waals surface area contributed by atoms with Crippen LogP contribution in [0.2, 0.25) is 0 Å². The Kier molecular flexibility index (Phi) is 2.90. The molecule has 1 amide bonds. The van der Waals surface area contributed by atoms with Crippen LogP contribution in [0.25, 0.3) is 0 Å². The normalized spacial score (nSPS) is 29.5. The topological polar surface area (TPSA) is 111 Å². The second-order valence-corrected chi connectivity index (χ2v) is 3.67. The lowest BCUT2D eigenvalue weighted by atomic mass is 10.2. The Hall–Kier alpha value is -1.44. The minimum absolute atomic E-state index is 0.218. The zero-order valence-corrected chi connectivity index (χ0v) is 8.48. The molecule has 2 rings (SSSR count). The second-order valence-electron chi connectivity index (χ2n) is 3.67. The van der Waals surface area contributed by atoms with Gasteiger partial charge in [-0.2, -0.15) is 0 Å². The third kappa shape index (κ3) is 1.80. The van der Waals surface area contributed by atoms with Gasteiger partial charge in [0.15, 0.2) is 0 Å². The lowest BCUT2D eigenvalue weighted by Crippen LogP contribution is -2.24. The molecule has 7 nitrogen and oxygen atoms in total. The average Bonchev–Trinajstić information content (AvgIpc) is 2.82. The molecule has 1 aromatic heterocycles. The van der Waals surface area contributed by atoms with E-state index in [0.29, 0.717) is 6.42 Å². The lowest BCUT2D eigenvalue weighted by molar-refractivity contribution is -0.0448. The summed E-state index contributed by atoms with van der Waals surface area (Å²) < 4.78 is 6.83. The molecule has 0 aliphatic carbocycles. The zero-order valence-electron chi connectivity index (χ0n) is 8.48. The molecule has 16 heavy (non-hydrogen) atoms. The van der Waals surface area contributed by atoms with Gasteiger partial charge in [0.25, 0.3) is 5.91 Å². The molecular formula is C9H13N3O4. The molecule has 1 aromatic rings. The van der Waals surface area contributed by atoms with Gasteiger partial charge in [0.1, 0.15) is 18.0 Å². The molecule has 0 saturated carbocycles. The summed E-state index contributed by atoms with van der Waals surface area (Å²) in [5, 5.41) is 18.5. The van der Waals surface area contributed by atoms with Gasteiger partial charge < -0.3 is 20.7 Å². The fourth-order valence-corrected chi connectivity index (χ4v) is 1.78. The van der Waals surface area contributed by atoms with E-state index in [1.165, 1.54) is 17.1 Å². The first-order valence-electron chi connectivity index (χ1n) is 4.89. The summed E-state index contributed by atoms with van der Waals surface area (Å²) >= 11 is 0. The molecule has 1 saturated heterocycles. The molecule has 1 fully saturated rings. The smallest absolute Gasteiger partial charge is 0.267 e. The van der Waals surface area contributed by atoms with Crippen molar-refractivity contribution in [1.82, 2.24) is 9.55 Å². The third-order valence-corrected chi connectivity index (χ3v) is 2.61. The highest BCUT2D eigenvalue weighted by Crippen LogP contribution is 2.29. The number of nitrogens with two attached hydrogens (primary N) is 1. The number of nitrogens with zero attached hydrogens (tertiary/aromatic N) is 2. The summed E-state index contributed by atoms with van der Waals surface area (Å²) in [5.74, 6) is -0.608. The molecular weight excluding hydrogens is 214 g/mol. The van der Waals surface area contributed by atoms with Crippen molar-refractivity contribution in [1.29, 1.82) is 0 Å². The number of imidazole rings is 1. The molecule has 1 aliphatic rings. The molecule has 1 unspecified atom stereocenters. The first-order valence-corrected chi connectivity index (χ1v) is 4.89. The van der Waals surface area contributed by atoms with Gasteiger partial charge in [-0.25, -0.2) is 4.98 Å². The number of aliphatic hydroxyl groups is 2. The molecule has 4 N–H and O–H groups in total. The Morgan fingerprint density at radius 3 is 3.06 bits per heavy atom. The van der Waals surface area contributed by atoms with Gasteiger partial charge in [0.05, 0.1) is 25.2 Å². The van der Waals surface area contributed by atoms with E-state index in [4.69, 9.17) is 15.6 Å². The molecule has 0 spiro atoms. The number of primary amides is 1. The molecule has 0 radical (unpaired) electrons. The molecule has 2 heterocycles. The summed E-state index contributed by atoms with van der Waals surface area (Å²) in [5.41, 5.74) is 5.38. The average molecular weight is 227 g/mol. The van der Waals surface area contributed by atoms with Crippen LogP contribution in [0.4, 0.5) is 0 Å². The lowest BCUT2D eigenvalue weighted by Gasteiger charge is -2.14. The summed E-state index contributed by atoms with van der Waals surface area (Å²) in [7, 11) is 0. The summed E-state index contributed by atoms with van der Waals surface area (Å²) in [6.45, 7) is -0.266. The standard InChI is InChI=1S/C9H13N3O4/c10-9(15)5-2-11-4-12(5)8-1-6(14)7(3-13)16-8/h2,4,6-8,13-14H,1,3H2,(H2,10,15)/t6-,7+,8?/m0/s1. The van der Waals surface area contributed by atoms with E-state index in [-0.39, 0.29) is 12.3 Å². The van der Waals surface area contributed by atoms with Crippen molar-refractivity contribution in [2.45, 2.75) is 24.9 Å². The van der Waals surface area contributed by atoms with Crippen molar-refractivity contribution in [3.63, 3.8) is 0 Å². The van der Waals surface area contributed by atoms with Crippen LogP contribution in [-0.2, 0) is 4.74 Å². The van der Waals surface area contributed by atoms with Crippen molar-refractivity contribution in [3.8, 4) is 0 Å². The maximum atomic E-state index is 11.1. The predicted octanol–water partition coefficient (Wildman–Crippen LogP) is -1.38. The van der Waals surface area contributed by atoms with Gasteiger partial charge in [-0.05, 0) is 0 Å². The molecule has 1 aliphatic heterocycles. The minimum atomic E-state index is -0.752. The van der Waals surface area contributed by atoms with E-state index in [2.05, 4.69) is 4.98 Å². The van der Waals surface area contributed by atoms with E-state index in [1.54, 1.807) is 0 Å². The predicted molar refractivity (Wildman–Crippen MR) is 52.4 cm³/mol. The Balaban J connectivity index is 2.20.